The van der Waals surface area contributed by atoms with Crippen LogP contribution in [-0.4, -0.2) is 26.4 Å². The van der Waals surface area contributed by atoms with Crippen molar-refractivity contribution in [2.45, 2.75) is 25.7 Å². The van der Waals surface area contributed by atoms with E-state index < -0.39 is 36.9 Å². The van der Waals surface area contributed by atoms with Gasteiger partial charge in [-0.2, -0.15) is 0 Å². The minimum absolute atomic E-state index is 0.141. The summed E-state index contributed by atoms with van der Waals surface area (Å²) in [5.41, 5.74) is -1.61. The third kappa shape index (κ3) is 3.91. The van der Waals surface area contributed by atoms with Crippen LogP contribution in [0.15, 0.2) is 23.1 Å². The summed E-state index contributed by atoms with van der Waals surface area (Å²) in [7, 11) is -3.04. The van der Waals surface area contributed by atoms with E-state index >= 15 is 0 Å². The molecule has 0 radical (unpaired) electrons. The van der Waals surface area contributed by atoms with Crippen LogP contribution in [0.1, 0.15) is 20.8 Å². The summed E-state index contributed by atoms with van der Waals surface area (Å²) in [6.45, 7) is 4.58. The summed E-state index contributed by atoms with van der Waals surface area (Å²) in [6, 6.07) is 3.27. The lowest BCUT2D eigenvalue weighted by molar-refractivity contribution is -0.387. The standard InChI is InChI=1S/C12H16N2O6S/c1-12(2,3)11(15)13-21(18,19)10-6-5-8(20-4)7-9(10)14(16)17/h5-7H,1-4H3,(H,13,15). The summed E-state index contributed by atoms with van der Waals surface area (Å²) >= 11 is 0. The Kier molecular flexibility index (Phi) is 4.57. The lowest BCUT2D eigenvalue weighted by atomic mass is 9.96. The van der Waals surface area contributed by atoms with Crippen molar-refractivity contribution in [1.82, 2.24) is 4.72 Å². The number of nitro benzene ring substituents is 1. The number of hydrogen-bond acceptors (Lipinski definition) is 6. The summed E-state index contributed by atoms with van der Waals surface area (Å²) < 4.78 is 30.9. The predicted molar refractivity (Wildman–Crippen MR) is 74.4 cm³/mol. The van der Waals surface area contributed by atoms with Crippen LogP contribution in [0.25, 0.3) is 0 Å². The van der Waals surface area contributed by atoms with Crippen molar-refractivity contribution in [3.8, 4) is 5.75 Å². The van der Waals surface area contributed by atoms with Crippen LogP contribution in [0, 0.1) is 15.5 Å². The monoisotopic (exact) mass is 316 g/mol. The Hall–Kier alpha value is -2.16. The highest BCUT2D eigenvalue weighted by Gasteiger charge is 2.31. The van der Waals surface area contributed by atoms with E-state index in [1.165, 1.54) is 33.9 Å². The van der Waals surface area contributed by atoms with Gasteiger partial charge in [-0.3, -0.25) is 14.9 Å². The number of carbonyl (C=O) groups excluding carboxylic acids is 1. The van der Waals surface area contributed by atoms with E-state index in [1.807, 2.05) is 4.72 Å². The fourth-order valence-electron chi connectivity index (χ4n) is 1.32. The Morgan fingerprint density at radius 2 is 1.90 bits per heavy atom. The highest BCUT2D eigenvalue weighted by Crippen LogP contribution is 2.28. The zero-order chi connectivity index (χ0) is 16.4. The number of sulfonamides is 1. The van der Waals surface area contributed by atoms with Crippen molar-refractivity contribution >= 4 is 21.6 Å². The normalized spacial score (nSPS) is 11.8. The molecular weight excluding hydrogens is 300 g/mol. The van der Waals surface area contributed by atoms with Gasteiger partial charge in [-0.05, 0) is 12.1 Å². The van der Waals surface area contributed by atoms with Gasteiger partial charge in [-0.1, -0.05) is 20.8 Å². The van der Waals surface area contributed by atoms with E-state index in [0.717, 1.165) is 12.1 Å². The van der Waals surface area contributed by atoms with E-state index in [-0.39, 0.29) is 5.75 Å². The number of rotatable bonds is 4. The van der Waals surface area contributed by atoms with Crippen LogP contribution < -0.4 is 9.46 Å². The molecule has 0 aliphatic heterocycles. The zero-order valence-corrected chi connectivity index (χ0v) is 12.9. The first-order chi connectivity index (χ1) is 9.49. The van der Waals surface area contributed by atoms with Gasteiger partial charge < -0.3 is 4.74 Å². The van der Waals surface area contributed by atoms with Crippen molar-refractivity contribution < 1.29 is 22.9 Å². The molecule has 21 heavy (non-hydrogen) atoms. The minimum atomic E-state index is -4.34. The van der Waals surface area contributed by atoms with Gasteiger partial charge in [-0.25, -0.2) is 13.1 Å². The fraction of sp³-hybridized carbons (Fsp3) is 0.417. The zero-order valence-electron chi connectivity index (χ0n) is 12.0. The summed E-state index contributed by atoms with van der Waals surface area (Å²) in [5, 5.41) is 11.0. The van der Waals surface area contributed by atoms with Crippen LogP contribution >= 0.6 is 0 Å². The van der Waals surface area contributed by atoms with Gasteiger partial charge in [0, 0.05) is 5.41 Å². The van der Waals surface area contributed by atoms with Crippen molar-refractivity contribution in [2.24, 2.45) is 5.41 Å². The molecule has 0 spiro atoms. The van der Waals surface area contributed by atoms with Crippen LogP contribution in [0.5, 0.6) is 5.75 Å². The van der Waals surface area contributed by atoms with Crippen molar-refractivity contribution in [3.05, 3.63) is 28.3 Å². The Bertz CT molecular complexity index is 675. The quantitative estimate of drug-likeness (QED) is 0.664. The Balaban J connectivity index is 3.32. The average Bonchev–Trinajstić information content (AvgIpc) is 2.36. The van der Waals surface area contributed by atoms with Gasteiger partial charge in [0.1, 0.15) is 5.75 Å². The van der Waals surface area contributed by atoms with Gasteiger partial charge in [0.2, 0.25) is 5.91 Å². The second kappa shape index (κ2) is 5.68. The van der Waals surface area contributed by atoms with E-state index in [4.69, 9.17) is 4.74 Å². The molecule has 1 aromatic carbocycles. The number of nitro groups is 1. The molecule has 0 aliphatic rings. The van der Waals surface area contributed by atoms with Crippen LogP contribution in [0.3, 0.4) is 0 Å². The number of carbonyl (C=O) groups is 1. The molecular formula is C12H16N2O6S. The summed E-state index contributed by atoms with van der Waals surface area (Å²) in [4.78, 5) is 21.3. The maximum absolute atomic E-state index is 12.1. The van der Waals surface area contributed by atoms with E-state index in [0.29, 0.717) is 0 Å². The largest absolute Gasteiger partial charge is 0.497 e. The maximum atomic E-state index is 12.1. The van der Waals surface area contributed by atoms with Gasteiger partial charge in [0.15, 0.2) is 4.90 Å². The second-order valence-corrected chi connectivity index (χ2v) is 6.93. The number of nitrogens with one attached hydrogen (secondary N) is 1. The maximum Gasteiger partial charge on any atom is 0.293 e. The predicted octanol–water partition coefficient (Wildman–Crippen LogP) is 1.45. The molecule has 0 aliphatic carbocycles. The van der Waals surface area contributed by atoms with Crippen molar-refractivity contribution in [2.75, 3.05) is 7.11 Å². The number of benzene rings is 1. The molecule has 0 bridgehead atoms. The molecule has 0 saturated carbocycles. The molecule has 0 unspecified atom stereocenters. The molecule has 0 saturated heterocycles. The van der Waals surface area contributed by atoms with Gasteiger partial charge >= 0.3 is 0 Å². The number of ether oxygens (including phenoxy) is 1. The molecule has 1 amide bonds. The third-order valence-corrected chi connectivity index (χ3v) is 3.94. The molecule has 9 heteroatoms. The number of nitrogens with zero attached hydrogens (tertiary/aromatic N) is 1. The Morgan fingerprint density at radius 3 is 2.33 bits per heavy atom. The molecule has 0 heterocycles. The summed E-state index contributed by atoms with van der Waals surface area (Å²) in [6.07, 6.45) is 0. The van der Waals surface area contributed by atoms with E-state index in [1.54, 1.807) is 0 Å². The number of amides is 1. The first-order valence-electron chi connectivity index (χ1n) is 5.88. The number of methoxy groups -OCH3 is 1. The first kappa shape index (κ1) is 16.9. The van der Waals surface area contributed by atoms with Gasteiger partial charge in [0.25, 0.3) is 15.7 Å². The Labute approximate surface area is 122 Å². The average molecular weight is 316 g/mol. The van der Waals surface area contributed by atoms with Crippen molar-refractivity contribution in [1.29, 1.82) is 0 Å². The van der Waals surface area contributed by atoms with Gasteiger partial charge in [0.05, 0.1) is 18.1 Å². The molecule has 0 aromatic heterocycles. The van der Waals surface area contributed by atoms with Gasteiger partial charge in [-0.15, -0.1) is 0 Å². The molecule has 116 valence electrons. The van der Waals surface area contributed by atoms with Crippen molar-refractivity contribution in [3.63, 3.8) is 0 Å². The fourth-order valence-corrected chi connectivity index (χ4v) is 2.64. The van der Waals surface area contributed by atoms with Crippen LogP contribution in [0.2, 0.25) is 0 Å². The highest BCUT2D eigenvalue weighted by molar-refractivity contribution is 7.90. The van der Waals surface area contributed by atoms with E-state index in [9.17, 15) is 23.3 Å². The topological polar surface area (TPSA) is 116 Å². The molecule has 8 nitrogen and oxygen atoms in total. The SMILES string of the molecule is COc1ccc(S(=O)(=O)NC(=O)C(C)(C)C)c([N+](=O)[O-])c1. The van der Waals surface area contributed by atoms with Crippen LogP contribution in [-0.2, 0) is 14.8 Å². The smallest absolute Gasteiger partial charge is 0.293 e. The molecule has 1 rings (SSSR count). The highest BCUT2D eigenvalue weighted by atomic mass is 32.2. The first-order valence-corrected chi connectivity index (χ1v) is 7.37. The lowest BCUT2D eigenvalue weighted by Gasteiger charge is -2.17. The van der Waals surface area contributed by atoms with Crippen LogP contribution in [0.4, 0.5) is 5.69 Å². The molecule has 1 aromatic rings. The third-order valence-electron chi connectivity index (χ3n) is 2.56. The summed E-state index contributed by atoms with van der Waals surface area (Å²) in [5.74, 6) is -0.615. The lowest BCUT2D eigenvalue weighted by Crippen LogP contribution is -2.39. The Morgan fingerprint density at radius 1 is 1.33 bits per heavy atom. The number of hydrogen-bond donors (Lipinski definition) is 1. The molecule has 1 N–H and O–H groups in total. The molecule has 0 atom stereocenters. The molecule has 0 fully saturated rings. The minimum Gasteiger partial charge on any atom is -0.497 e. The van der Waals surface area contributed by atoms with E-state index in [2.05, 4.69) is 0 Å². The second-order valence-electron chi connectivity index (χ2n) is 5.28.